The van der Waals surface area contributed by atoms with Gasteiger partial charge in [0.1, 0.15) is 0 Å². The Morgan fingerprint density at radius 2 is 2.29 bits per heavy atom. The van der Waals surface area contributed by atoms with Crippen molar-refractivity contribution in [3.05, 3.63) is 40.8 Å². The van der Waals surface area contributed by atoms with Crippen molar-refractivity contribution in [2.24, 2.45) is 0 Å². The molecule has 0 radical (unpaired) electrons. The Hall–Kier alpha value is -1.99. The number of anilines is 1. The maximum atomic E-state index is 12.5. The van der Waals surface area contributed by atoms with Crippen LogP contribution >= 0.6 is 11.3 Å². The molecule has 0 aromatic carbocycles. The van der Waals surface area contributed by atoms with Crippen molar-refractivity contribution in [2.45, 2.75) is 24.5 Å². The zero-order valence-corrected chi connectivity index (χ0v) is 14.4. The first-order valence-corrected chi connectivity index (χ1v) is 9.06. The average molecular weight is 344 g/mol. The largest absolute Gasteiger partial charge is 0.371 e. The van der Waals surface area contributed by atoms with E-state index in [4.69, 9.17) is 4.74 Å². The predicted octanol–water partition coefficient (Wildman–Crippen LogP) is 2.05. The van der Waals surface area contributed by atoms with Crippen LogP contribution in [0.25, 0.3) is 0 Å². The van der Waals surface area contributed by atoms with Crippen molar-refractivity contribution in [1.82, 2.24) is 14.9 Å². The number of carbonyl (C=O) groups excluding carboxylic acids is 1. The first kappa shape index (κ1) is 15.5. The molecule has 0 aliphatic carbocycles. The second-order valence-electron chi connectivity index (χ2n) is 6.50. The van der Waals surface area contributed by atoms with Crippen LogP contribution in [-0.2, 0) is 4.74 Å². The minimum Gasteiger partial charge on any atom is -0.371 e. The third-order valence-corrected chi connectivity index (χ3v) is 5.66. The lowest BCUT2D eigenvalue weighted by atomic mass is 9.97. The Morgan fingerprint density at radius 3 is 3.04 bits per heavy atom. The summed E-state index contributed by atoms with van der Waals surface area (Å²) in [5, 5.41) is 3.85. The number of carbonyl (C=O) groups is 1. The summed E-state index contributed by atoms with van der Waals surface area (Å²) in [6.07, 6.45) is 5.29. The number of aromatic nitrogens is 2. The molecule has 2 saturated heterocycles. The third-order valence-electron chi connectivity index (χ3n) is 4.98. The first-order valence-electron chi connectivity index (χ1n) is 8.12. The maximum absolute atomic E-state index is 12.5. The minimum absolute atomic E-state index is 0.111. The predicted molar refractivity (Wildman–Crippen MR) is 92.4 cm³/mol. The van der Waals surface area contributed by atoms with Crippen LogP contribution < -0.4 is 4.90 Å². The number of likely N-dealkylation sites (tertiary alicyclic amines) is 1. The molecule has 2 fully saturated rings. The highest BCUT2D eigenvalue weighted by molar-refractivity contribution is 7.08. The number of rotatable bonds is 3. The highest BCUT2D eigenvalue weighted by atomic mass is 32.1. The molecule has 4 rings (SSSR count). The van der Waals surface area contributed by atoms with Gasteiger partial charge in [-0.1, -0.05) is 0 Å². The smallest absolute Gasteiger partial charge is 0.254 e. The molecule has 24 heavy (non-hydrogen) atoms. The van der Waals surface area contributed by atoms with Crippen molar-refractivity contribution < 1.29 is 9.53 Å². The van der Waals surface area contributed by atoms with E-state index in [0.717, 1.165) is 24.9 Å². The summed E-state index contributed by atoms with van der Waals surface area (Å²) in [6, 6.07) is 3.94. The van der Waals surface area contributed by atoms with Crippen molar-refractivity contribution in [1.29, 1.82) is 0 Å². The molecule has 1 amide bonds. The van der Waals surface area contributed by atoms with E-state index in [1.54, 1.807) is 23.7 Å². The Balaban J connectivity index is 1.42. The standard InChI is InChI=1S/C17H20N4O2S/c1-20(16-18-5-2-6-19-16)14-9-17(23-10-14)4-7-21(12-17)15(22)13-3-8-24-11-13/h2-3,5-6,8,11,14H,4,7,9-10,12H2,1H3/t14-,17+/m0/s1. The van der Waals surface area contributed by atoms with E-state index in [2.05, 4.69) is 14.9 Å². The lowest BCUT2D eigenvalue weighted by molar-refractivity contribution is 0.0123. The molecule has 2 aliphatic heterocycles. The van der Waals surface area contributed by atoms with Crippen molar-refractivity contribution in [3.8, 4) is 0 Å². The quantitative estimate of drug-likeness (QED) is 0.853. The average Bonchev–Trinajstić information content (AvgIpc) is 3.37. The summed E-state index contributed by atoms with van der Waals surface area (Å²) in [5.41, 5.74) is 0.556. The fourth-order valence-corrected chi connectivity index (χ4v) is 4.21. The molecule has 1 spiro atoms. The van der Waals surface area contributed by atoms with Gasteiger partial charge in [0.15, 0.2) is 0 Å². The Bertz CT molecular complexity index is 709. The van der Waals surface area contributed by atoms with Crippen LogP contribution in [0, 0.1) is 0 Å². The molecule has 6 nitrogen and oxygen atoms in total. The topological polar surface area (TPSA) is 58.6 Å². The SMILES string of the molecule is CN(c1ncccn1)[C@@H]1CO[C@]2(CCN(C(=O)c3ccsc3)C2)C1. The van der Waals surface area contributed by atoms with Crippen LogP contribution in [0.15, 0.2) is 35.3 Å². The lowest BCUT2D eigenvalue weighted by Gasteiger charge is -2.26. The number of thiophene rings is 1. The fourth-order valence-electron chi connectivity index (χ4n) is 3.58. The highest BCUT2D eigenvalue weighted by Gasteiger charge is 2.48. The third kappa shape index (κ3) is 2.78. The number of amides is 1. The monoisotopic (exact) mass is 344 g/mol. The van der Waals surface area contributed by atoms with Crippen LogP contribution in [0.5, 0.6) is 0 Å². The van der Waals surface area contributed by atoms with E-state index < -0.39 is 0 Å². The van der Waals surface area contributed by atoms with Gasteiger partial charge in [0.05, 0.1) is 30.4 Å². The van der Waals surface area contributed by atoms with Gasteiger partial charge >= 0.3 is 0 Å². The van der Waals surface area contributed by atoms with Gasteiger partial charge in [0, 0.05) is 37.8 Å². The maximum Gasteiger partial charge on any atom is 0.254 e. The molecule has 0 N–H and O–H groups in total. The van der Waals surface area contributed by atoms with Gasteiger partial charge < -0.3 is 14.5 Å². The number of hydrogen-bond donors (Lipinski definition) is 0. The molecule has 7 heteroatoms. The van der Waals surface area contributed by atoms with Crippen molar-refractivity contribution >= 4 is 23.2 Å². The summed E-state index contributed by atoms with van der Waals surface area (Å²) in [7, 11) is 2.01. The number of likely N-dealkylation sites (N-methyl/N-ethyl adjacent to an activating group) is 1. The normalized spacial score (nSPS) is 26.2. The van der Waals surface area contributed by atoms with Gasteiger partial charge in [-0.3, -0.25) is 4.79 Å². The van der Waals surface area contributed by atoms with E-state index in [0.29, 0.717) is 19.1 Å². The van der Waals surface area contributed by atoms with E-state index in [1.807, 2.05) is 34.8 Å². The highest BCUT2D eigenvalue weighted by Crippen LogP contribution is 2.37. The zero-order valence-electron chi connectivity index (χ0n) is 13.6. The fraction of sp³-hybridized carbons (Fsp3) is 0.471. The summed E-state index contributed by atoms with van der Waals surface area (Å²) < 4.78 is 6.17. The van der Waals surface area contributed by atoms with Gasteiger partial charge in [0.25, 0.3) is 5.91 Å². The zero-order chi connectivity index (χ0) is 16.6. The van der Waals surface area contributed by atoms with E-state index in [1.165, 1.54) is 0 Å². The summed E-state index contributed by atoms with van der Waals surface area (Å²) >= 11 is 1.55. The molecule has 0 saturated carbocycles. The van der Waals surface area contributed by atoms with Crippen LogP contribution in [0.1, 0.15) is 23.2 Å². The van der Waals surface area contributed by atoms with Gasteiger partial charge in [-0.2, -0.15) is 11.3 Å². The van der Waals surface area contributed by atoms with Crippen LogP contribution in [0.3, 0.4) is 0 Å². The second-order valence-corrected chi connectivity index (χ2v) is 7.28. The molecular formula is C17H20N4O2S. The van der Waals surface area contributed by atoms with Crippen LogP contribution in [0.4, 0.5) is 5.95 Å². The number of ether oxygens (including phenoxy) is 1. The van der Waals surface area contributed by atoms with Gasteiger partial charge in [-0.25, -0.2) is 9.97 Å². The molecule has 2 atom stereocenters. The molecule has 0 unspecified atom stereocenters. The molecule has 2 aromatic heterocycles. The Kier molecular flexibility index (Phi) is 3.97. The van der Waals surface area contributed by atoms with Crippen molar-refractivity contribution in [2.75, 3.05) is 31.6 Å². The molecular weight excluding hydrogens is 324 g/mol. The van der Waals surface area contributed by atoms with Gasteiger partial charge in [-0.15, -0.1) is 0 Å². The van der Waals surface area contributed by atoms with E-state index in [9.17, 15) is 4.79 Å². The summed E-state index contributed by atoms with van der Waals surface area (Å²) in [4.78, 5) is 25.2. The van der Waals surface area contributed by atoms with Crippen molar-refractivity contribution in [3.63, 3.8) is 0 Å². The van der Waals surface area contributed by atoms with Crippen LogP contribution in [0.2, 0.25) is 0 Å². The molecule has 2 aliphatic rings. The number of hydrogen-bond acceptors (Lipinski definition) is 6. The molecule has 4 heterocycles. The lowest BCUT2D eigenvalue weighted by Crippen LogP contribution is -2.38. The van der Waals surface area contributed by atoms with Gasteiger partial charge in [0.2, 0.25) is 5.95 Å². The number of nitrogens with zero attached hydrogens (tertiary/aromatic N) is 4. The second kappa shape index (κ2) is 6.14. The van der Waals surface area contributed by atoms with Crippen LogP contribution in [-0.4, -0.2) is 59.2 Å². The summed E-state index contributed by atoms with van der Waals surface area (Å²) in [6.45, 7) is 2.07. The van der Waals surface area contributed by atoms with E-state index in [-0.39, 0.29) is 17.6 Å². The first-order chi connectivity index (χ1) is 11.7. The minimum atomic E-state index is -0.223. The molecule has 0 bridgehead atoms. The molecule has 126 valence electrons. The van der Waals surface area contributed by atoms with Gasteiger partial charge in [-0.05, 0) is 23.9 Å². The van der Waals surface area contributed by atoms with E-state index >= 15 is 0 Å². The Morgan fingerprint density at radius 1 is 1.46 bits per heavy atom. The Labute approximate surface area is 145 Å². The summed E-state index contributed by atoms with van der Waals surface area (Å²) in [5.74, 6) is 0.826. The molecule has 2 aromatic rings.